The number of hydrogen-bond acceptors (Lipinski definition) is 6. The van der Waals surface area contributed by atoms with Gasteiger partial charge in [0.25, 0.3) is 0 Å². The number of ether oxygens (including phenoxy) is 1. The first-order valence-electron chi connectivity index (χ1n) is 9.95. The van der Waals surface area contributed by atoms with Crippen LogP contribution in [0.1, 0.15) is 60.3 Å². The van der Waals surface area contributed by atoms with Gasteiger partial charge in [0, 0.05) is 36.2 Å². The van der Waals surface area contributed by atoms with Gasteiger partial charge in [-0.25, -0.2) is 17.9 Å². The van der Waals surface area contributed by atoms with Crippen molar-refractivity contribution in [1.82, 2.24) is 19.6 Å². The van der Waals surface area contributed by atoms with E-state index in [1.807, 2.05) is 13.8 Å². The second-order valence-electron chi connectivity index (χ2n) is 7.99. The lowest BCUT2D eigenvalue weighted by Gasteiger charge is -2.15. The first kappa shape index (κ1) is 21.6. The standard InChI is InChI=1S/C21H23ClN4O4S/c1-13(2)26-19(11-17(24-26)14-5-6-14)30-21(27)15-7-8-18(31(3,28)29)16(20(15)22)12-25-10-4-9-23-25/h4,7-11,13-14H,5-6,12H2,1-3H3. The van der Waals surface area contributed by atoms with E-state index in [1.165, 1.54) is 12.1 Å². The number of hydrogen-bond donors (Lipinski definition) is 0. The molecule has 1 aliphatic rings. The van der Waals surface area contributed by atoms with E-state index in [9.17, 15) is 13.2 Å². The molecule has 0 aliphatic heterocycles. The largest absolute Gasteiger partial charge is 0.404 e. The minimum atomic E-state index is -3.57. The monoisotopic (exact) mass is 462 g/mol. The minimum absolute atomic E-state index is 0.00811. The highest BCUT2D eigenvalue weighted by Crippen LogP contribution is 2.41. The number of esters is 1. The fourth-order valence-electron chi connectivity index (χ4n) is 3.38. The van der Waals surface area contributed by atoms with E-state index in [2.05, 4.69) is 10.2 Å². The van der Waals surface area contributed by atoms with E-state index < -0.39 is 15.8 Å². The third kappa shape index (κ3) is 4.52. The van der Waals surface area contributed by atoms with Crippen molar-refractivity contribution in [3.8, 4) is 5.88 Å². The van der Waals surface area contributed by atoms with Crippen LogP contribution in [0.15, 0.2) is 41.6 Å². The van der Waals surface area contributed by atoms with Crippen molar-refractivity contribution >= 4 is 27.4 Å². The van der Waals surface area contributed by atoms with Gasteiger partial charge in [-0.3, -0.25) is 4.68 Å². The first-order valence-corrected chi connectivity index (χ1v) is 12.2. The number of aromatic nitrogens is 4. The summed E-state index contributed by atoms with van der Waals surface area (Å²) in [6.45, 7) is 4.01. The van der Waals surface area contributed by atoms with Crippen LogP contribution in [-0.4, -0.2) is 40.2 Å². The van der Waals surface area contributed by atoms with Crippen LogP contribution in [0.3, 0.4) is 0 Å². The molecule has 0 saturated heterocycles. The van der Waals surface area contributed by atoms with Gasteiger partial charge in [-0.15, -0.1) is 0 Å². The summed E-state index contributed by atoms with van der Waals surface area (Å²) >= 11 is 6.54. The first-order chi connectivity index (χ1) is 14.6. The molecule has 2 heterocycles. The number of halogens is 1. The summed E-state index contributed by atoms with van der Waals surface area (Å²) < 4.78 is 33.4. The van der Waals surface area contributed by atoms with Crippen LogP contribution in [0, 0.1) is 0 Å². The molecule has 1 fully saturated rings. The van der Waals surface area contributed by atoms with Crippen LogP contribution in [0.25, 0.3) is 0 Å². The molecule has 164 valence electrons. The van der Waals surface area contributed by atoms with Crippen LogP contribution in [0.2, 0.25) is 5.02 Å². The number of carbonyl (C=O) groups excluding carboxylic acids is 1. The second kappa shape index (κ2) is 8.12. The lowest BCUT2D eigenvalue weighted by Crippen LogP contribution is -2.16. The van der Waals surface area contributed by atoms with E-state index in [1.54, 1.807) is 33.9 Å². The smallest absolute Gasteiger partial charge is 0.346 e. The Hall–Kier alpha value is -2.65. The molecular formula is C21H23ClN4O4S. The highest BCUT2D eigenvalue weighted by Gasteiger charge is 2.29. The van der Waals surface area contributed by atoms with Gasteiger partial charge in [-0.05, 0) is 44.9 Å². The van der Waals surface area contributed by atoms with Crippen LogP contribution in [0.4, 0.5) is 0 Å². The van der Waals surface area contributed by atoms with E-state index >= 15 is 0 Å². The maximum Gasteiger partial charge on any atom is 0.346 e. The molecule has 0 spiro atoms. The molecule has 0 N–H and O–H groups in total. The molecule has 0 unspecified atom stereocenters. The molecular weight excluding hydrogens is 440 g/mol. The predicted octanol–water partition coefficient (Wildman–Crippen LogP) is 3.86. The van der Waals surface area contributed by atoms with E-state index in [0.717, 1.165) is 24.8 Å². The van der Waals surface area contributed by atoms with Crippen molar-refractivity contribution in [1.29, 1.82) is 0 Å². The Bertz CT molecular complexity index is 1230. The van der Waals surface area contributed by atoms with Crippen molar-refractivity contribution < 1.29 is 17.9 Å². The Morgan fingerprint density at radius 3 is 2.65 bits per heavy atom. The summed E-state index contributed by atoms with van der Waals surface area (Å²) in [5, 5.41) is 8.71. The summed E-state index contributed by atoms with van der Waals surface area (Å²) in [6.07, 6.45) is 6.53. The van der Waals surface area contributed by atoms with E-state index in [4.69, 9.17) is 16.3 Å². The lowest BCUT2D eigenvalue weighted by atomic mass is 10.1. The molecule has 0 radical (unpaired) electrons. The Labute approximate surface area is 185 Å². The molecule has 0 bridgehead atoms. The summed E-state index contributed by atoms with van der Waals surface area (Å²) in [7, 11) is -3.57. The van der Waals surface area contributed by atoms with E-state index in [-0.39, 0.29) is 28.1 Å². The molecule has 4 rings (SSSR count). The highest BCUT2D eigenvalue weighted by molar-refractivity contribution is 7.90. The Balaban J connectivity index is 1.70. The zero-order valence-corrected chi connectivity index (χ0v) is 19.0. The number of sulfone groups is 1. The minimum Gasteiger partial charge on any atom is -0.404 e. The normalized spacial score (nSPS) is 14.2. The zero-order valence-electron chi connectivity index (χ0n) is 17.4. The molecule has 10 heteroatoms. The number of carbonyl (C=O) groups is 1. The van der Waals surface area contributed by atoms with Crippen LogP contribution >= 0.6 is 11.6 Å². The summed E-state index contributed by atoms with van der Waals surface area (Å²) in [5.41, 5.74) is 1.29. The van der Waals surface area contributed by atoms with Crippen LogP contribution in [-0.2, 0) is 16.4 Å². The van der Waals surface area contributed by atoms with Crippen LogP contribution in [0.5, 0.6) is 5.88 Å². The second-order valence-corrected chi connectivity index (χ2v) is 10.4. The van der Waals surface area contributed by atoms with Crippen molar-refractivity contribution in [2.75, 3.05) is 6.26 Å². The van der Waals surface area contributed by atoms with Crippen molar-refractivity contribution in [3.63, 3.8) is 0 Å². The Morgan fingerprint density at radius 2 is 2.06 bits per heavy atom. The fourth-order valence-corrected chi connectivity index (χ4v) is 4.67. The molecule has 2 aromatic heterocycles. The van der Waals surface area contributed by atoms with Crippen molar-refractivity contribution in [3.05, 3.63) is 58.5 Å². The summed E-state index contributed by atoms with van der Waals surface area (Å²) in [4.78, 5) is 13.0. The average molecular weight is 463 g/mol. The SMILES string of the molecule is CC(C)n1nc(C2CC2)cc1OC(=O)c1ccc(S(C)(=O)=O)c(Cn2cccn2)c1Cl. The third-order valence-electron chi connectivity index (χ3n) is 5.10. The lowest BCUT2D eigenvalue weighted by molar-refractivity contribution is 0.0716. The highest BCUT2D eigenvalue weighted by atomic mass is 35.5. The fraction of sp³-hybridized carbons (Fsp3) is 0.381. The van der Waals surface area contributed by atoms with E-state index in [0.29, 0.717) is 17.4 Å². The number of benzene rings is 1. The number of rotatable bonds is 7. The van der Waals surface area contributed by atoms with Gasteiger partial charge in [0.15, 0.2) is 9.84 Å². The summed E-state index contributed by atoms with van der Waals surface area (Å²) in [6, 6.07) is 6.28. The molecule has 1 saturated carbocycles. The molecule has 3 aromatic rings. The molecule has 31 heavy (non-hydrogen) atoms. The maximum atomic E-state index is 13.0. The third-order valence-corrected chi connectivity index (χ3v) is 6.71. The van der Waals surface area contributed by atoms with Gasteiger partial charge < -0.3 is 4.74 Å². The quantitative estimate of drug-likeness (QED) is 0.494. The zero-order chi connectivity index (χ0) is 22.3. The van der Waals surface area contributed by atoms with Crippen molar-refractivity contribution in [2.24, 2.45) is 0 Å². The van der Waals surface area contributed by atoms with Gasteiger partial charge in [0.1, 0.15) is 0 Å². The average Bonchev–Trinajstić information content (AvgIpc) is 3.24. The van der Waals surface area contributed by atoms with Crippen LogP contribution < -0.4 is 4.74 Å². The maximum absolute atomic E-state index is 13.0. The molecule has 8 nitrogen and oxygen atoms in total. The van der Waals surface area contributed by atoms with Crippen molar-refractivity contribution in [2.45, 2.75) is 50.1 Å². The molecule has 0 atom stereocenters. The summed E-state index contributed by atoms with van der Waals surface area (Å²) in [5.74, 6) is 0.0884. The Morgan fingerprint density at radius 1 is 1.32 bits per heavy atom. The molecule has 1 aromatic carbocycles. The Kier molecular flexibility index (Phi) is 5.65. The van der Waals surface area contributed by atoms with Gasteiger partial charge >= 0.3 is 5.97 Å². The number of nitrogens with zero attached hydrogens (tertiary/aromatic N) is 4. The van der Waals surface area contributed by atoms with Gasteiger partial charge in [0.05, 0.1) is 33.8 Å². The topological polar surface area (TPSA) is 96.1 Å². The molecule has 1 aliphatic carbocycles. The van der Waals surface area contributed by atoms with Gasteiger partial charge in [-0.2, -0.15) is 10.2 Å². The molecule has 0 amide bonds. The predicted molar refractivity (Wildman–Crippen MR) is 115 cm³/mol. The van der Waals surface area contributed by atoms with Gasteiger partial charge in [-0.1, -0.05) is 11.6 Å². The van der Waals surface area contributed by atoms with Gasteiger partial charge in [0.2, 0.25) is 5.88 Å².